The summed E-state index contributed by atoms with van der Waals surface area (Å²) in [6.45, 7) is 6.18. The Morgan fingerprint density at radius 1 is 1.25 bits per heavy atom. The molecule has 90 valence electrons. The first-order valence-electron chi connectivity index (χ1n) is 5.99. The van der Waals surface area contributed by atoms with Crippen molar-refractivity contribution >= 4 is 5.82 Å². The number of aromatic nitrogens is 2. The maximum atomic E-state index is 4.47. The van der Waals surface area contributed by atoms with E-state index >= 15 is 0 Å². The SMILES string of the molecule is CCC(CC)CNc1cncc(CNC)n1. The van der Waals surface area contributed by atoms with Crippen LogP contribution in [-0.2, 0) is 6.54 Å². The monoisotopic (exact) mass is 222 g/mol. The van der Waals surface area contributed by atoms with E-state index in [-0.39, 0.29) is 0 Å². The van der Waals surface area contributed by atoms with Crippen LogP contribution in [-0.4, -0.2) is 23.6 Å². The first-order valence-corrected chi connectivity index (χ1v) is 5.99. The van der Waals surface area contributed by atoms with Gasteiger partial charge in [-0.15, -0.1) is 0 Å². The van der Waals surface area contributed by atoms with Crippen molar-refractivity contribution in [3.8, 4) is 0 Å². The van der Waals surface area contributed by atoms with E-state index in [0.717, 1.165) is 30.5 Å². The molecule has 0 unspecified atom stereocenters. The highest BCUT2D eigenvalue weighted by Crippen LogP contribution is 2.09. The zero-order valence-corrected chi connectivity index (χ0v) is 10.5. The van der Waals surface area contributed by atoms with E-state index in [1.165, 1.54) is 12.8 Å². The zero-order valence-electron chi connectivity index (χ0n) is 10.5. The lowest BCUT2D eigenvalue weighted by Gasteiger charge is -2.13. The van der Waals surface area contributed by atoms with Gasteiger partial charge in [0.2, 0.25) is 0 Å². The van der Waals surface area contributed by atoms with Crippen molar-refractivity contribution < 1.29 is 0 Å². The molecule has 0 fully saturated rings. The maximum absolute atomic E-state index is 4.47. The van der Waals surface area contributed by atoms with Crippen LogP contribution in [0.25, 0.3) is 0 Å². The van der Waals surface area contributed by atoms with Gasteiger partial charge in [-0.3, -0.25) is 4.98 Å². The van der Waals surface area contributed by atoms with Crippen LogP contribution < -0.4 is 10.6 Å². The second-order valence-electron chi connectivity index (χ2n) is 3.99. The van der Waals surface area contributed by atoms with Crippen molar-refractivity contribution in [2.24, 2.45) is 5.92 Å². The zero-order chi connectivity index (χ0) is 11.8. The molecule has 4 nitrogen and oxygen atoms in total. The Morgan fingerprint density at radius 2 is 2.00 bits per heavy atom. The molecule has 0 aliphatic rings. The molecule has 16 heavy (non-hydrogen) atoms. The summed E-state index contributed by atoms with van der Waals surface area (Å²) in [7, 11) is 1.91. The molecule has 1 aromatic heterocycles. The minimum absolute atomic E-state index is 0.717. The molecule has 2 N–H and O–H groups in total. The van der Waals surface area contributed by atoms with Gasteiger partial charge in [0.1, 0.15) is 5.82 Å². The molecule has 0 amide bonds. The summed E-state index contributed by atoms with van der Waals surface area (Å²) in [6, 6.07) is 0. The fraction of sp³-hybridized carbons (Fsp3) is 0.667. The number of rotatable bonds is 7. The number of hydrogen-bond acceptors (Lipinski definition) is 4. The molecule has 0 saturated heterocycles. The van der Waals surface area contributed by atoms with E-state index in [4.69, 9.17) is 0 Å². The van der Waals surface area contributed by atoms with Crippen LogP contribution >= 0.6 is 0 Å². The molecule has 0 aliphatic heterocycles. The van der Waals surface area contributed by atoms with Crippen molar-refractivity contribution in [3.05, 3.63) is 18.1 Å². The molecule has 1 rings (SSSR count). The lowest BCUT2D eigenvalue weighted by molar-refractivity contribution is 0.518. The van der Waals surface area contributed by atoms with Gasteiger partial charge in [-0.25, -0.2) is 4.98 Å². The van der Waals surface area contributed by atoms with Gasteiger partial charge in [0.05, 0.1) is 11.9 Å². The highest BCUT2D eigenvalue weighted by Gasteiger charge is 2.04. The Kier molecular flexibility index (Phi) is 5.78. The molecule has 1 aromatic rings. The van der Waals surface area contributed by atoms with E-state index in [0.29, 0.717) is 0 Å². The first-order chi connectivity index (χ1) is 7.80. The average Bonchev–Trinajstić information content (AvgIpc) is 2.31. The van der Waals surface area contributed by atoms with Crippen LogP contribution in [0.15, 0.2) is 12.4 Å². The van der Waals surface area contributed by atoms with Gasteiger partial charge in [-0.05, 0) is 13.0 Å². The third-order valence-electron chi connectivity index (χ3n) is 2.77. The summed E-state index contributed by atoms with van der Waals surface area (Å²) in [5, 5.41) is 6.41. The topological polar surface area (TPSA) is 49.8 Å². The summed E-state index contributed by atoms with van der Waals surface area (Å²) in [5.74, 6) is 1.59. The Hall–Kier alpha value is -1.16. The molecule has 0 atom stereocenters. The molecule has 0 bridgehead atoms. The fourth-order valence-corrected chi connectivity index (χ4v) is 1.58. The second kappa shape index (κ2) is 7.17. The Morgan fingerprint density at radius 3 is 2.62 bits per heavy atom. The van der Waals surface area contributed by atoms with E-state index in [1.54, 1.807) is 12.4 Å². The van der Waals surface area contributed by atoms with E-state index < -0.39 is 0 Å². The van der Waals surface area contributed by atoms with Crippen LogP contribution in [0.3, 0.4) is 0 Å². The third kappa shape index (κ3) is 4.14. The molecule has 0 saturated carbocycles. The van der Waals surface area contributed by atoms with Gasteiger partial charge in [0.25, 0.3) is 0 Å². The summed E-state index contributed by atoms with van der Waals surface area (Å²) < 4.78 is 0. The molecule has 0 aromatic carbocycles. The van der Waals surface area contributed by atoms with E-state index in [1.807, 2.05) is 7.05 Å². The summed E-state index contributed by atoms with van der Waals surface area (Å²) >= 11 is 0. The Bertz CT molecular complexity index is 297. The Labute approximate surface area is 97.9 Å². The summed E-state index contributed by atoms with van der Waals surface area (Å²) in [4.78, 5) is 8.63. The highest BCUT2D eigenvalue weighted by atomic mass is 15.0. The minimum Gasteiger partial charge on any atom is -0.369 e. The number of nitrogens with one attached hydrogen (secondary N) is 2. The van der Waals surface area contributed by atoms with Crippen LogP contribution in [0.2, 0.25) is 0 Å². The van der Waals surface area contributed by atoms with Gasteiger partial charge in [-0.2, -0.15) is 0 Å². The smallest absolute Gasteiger partial charge is 0.144 e. The van der Waals surface area contributed by atoms with E-state index in [9.17, 15) is 0 Å². The van der Waals surface area contributed by atoms with E-state index in [2.05, 4.69) is 34.4 Å². The van der Waals surface area contributed by atoms with Gasteiger partial charge in [0, 0.05) is 19.3 Å². The van der Waals surface area contributed by atoms with Crippen molar-refractivity contribution in [1.82, 2.24) is 15.3 Å². The number of hydrogen-bond donors (Lipinski definition) is 2. The van der Waals surface area contributed by atoms with Gasteiger partial charge in [-0.1, -0.05) is 26.7 Å². The predicted molar refractivity (Wildman–Crippen MR) is 67.4 cm³/mol. The molecule has 1 heterocycles. The average molecular weight is 222 g/mol. The summed E-state index contributed by atoms with van der Waals surface area (Å²) in [6.07, 6.45) is 5.97. The van der Waals surface area contributed by atoms with Crippen molar-refractivity contribution in [2.75, 3.05) is 18.9 Å². The van der Waals surface area contributed by atoms with Crippen LogP contribution in [0.5, 0.6) is 0 Å². The van der Waals surface area contributed by atoms with Crippen molar-refractivity contribution in [2.45, 2.75) is 33.2 Å². The molecule has 0 aliphatic carbocycles. The van der Waals surface area contributed by atoms with Crippen molar-refractivity contribution in [3.63, 3.8) is 0 Å². The largest absolute Gasteiger partial charge is 0.369 e. The first kappa shape index (κ1) is 12.9. The van der Waals surface area contributed by atoms with Crippen LogP contribution in [0.4, 0.5) is 5.82 Å². The van der Waals surface area contributed by atoms with Gasteiger partial charge < -0.3 is 10.6 Å². The van der Waals surface area contributed by atoms with Crippen molar-refractivity contribution in [1.29, 1.82) is 0 Å². The Balaban J connectivity index is 2.49. The number of nitrogens with zero attached hydrogens (tertiary/aromatic N) is 2. The van der Waals surface area contributed by atoms with Crippen LogP contribution in [0, 0.1) is 5.92 Å². The van der Waals surface area contributed by atoms with Gasteiger partial charge >= 0.3 is 0 Å². The predicted octanol–water partition coefficient (Wildman–Crippen LogP) is 2.04. The highest BCUT2D eigenvalue weighted by molar-refractivity contribution is 5.31. The normalized spacial score (nSPS) is 10.8. The third-order valence-corrected chi connectivity index (χ3v) is 2.77. The molecular weight excluding hydrogens is 200 g/mol. The lowest BCUT2D eigenvalue weighted by atomic mass is 10.0. The minimum atomic E-state index is 0.717. The molecule has 4 heteroatoms. The number of anilines is 1. The summed E-state index contributed by atoms with van der Waals surface area (Å²) in [5.41, 5.74) is 0.969. The molecular formula is C12H22N4. The molecule has 0 spiro atoms. The van der Waals surface area contributed by atoms with Gasteiger partial charge in [0.15, 0.2) is 0 Å². The standard InChI is InChI=1S/C12H22N4/c1-4-10(5-2)6-15-12-9-14-8-11(16-12)7-13-3/h8-10,13H,4-7H2,1-3H3,(H,15,16). The molecule has 0 radical (unpaired) electrons. The fourth-order valence-electron chi connectivity index (χ4n) is 1.58. The quantitative estimate of drug-likeness (QED) is 0.741. The second-order valence-corrected chi connectivity index (χ2v) is 3.99. The lowest BCUT2D eigenvalue weighted by Crippen LogP contribution is -2.15. The van der Waals surface area contributed by atoms with Crippen LogP contribution in [0.1, 0.15) is 32.4 Å². The maximum Gasteiger partial charge on any atom is 0.144 e.